The van der Waals surface area contributed by atoms with Crippen LogP contribution < -0.4 is 10.6 Å². The third-order valence-electron chi connectivity index (χ3n) is 4.91. The van der Waals surface area contributed by atoms with Crippen molar-refractivity contribution in [3.63, 3.8) is 0 Å². The van der Waals surface area contributed by atoms with Gasteiger partial charge in [-0.1, -0.05) is 0 Å². The molecule has 25 heavy (non-hydrogen) atoms. The standard InChI is InChI=1S/C18H23F3N2O2/c19-18(20,21)15-10-13(12-1-5-22-6-2-12)9-14(11-15)17(24)23-16-3-7-25-8-4-16/h9-12,16,22H,1-8H2,(H,23,24). The molecular formula is C18H23F3N2O2. The number of hydrogen-bond donors (Lipinski definition) is 2. The minimum atomic E-state index is -4.46. The Labute approximate surface area is 145 Å². The van der Waals surface area contributed by atoms with Crippen molar-refractivity contribution in [2.75, 3.05) is 26.3 Å². The van der Waals surface area contributed by atoms with Gasteiger partial charge in [0.2, 0.25) is 0 Å². The van der Waals surface area contributed by atoms with Crippen LogP contribution in [0.15, 0.2) is 18.2 Å². The largest absolute Gasteiger partial charge is 0.416 e. The van der Waals surface area contributed by atoms with Crippen LogP contribution in [0.2, 0.25) is 0 Å². The van der Waals surface area contributed by atoms with Crippen molar-refractivity contribution < 1.29 is 22.7 Å². The van der Waals surface area contributed by atoms with Crippen molar-refractivity contribution >= 4 is 5.91 Å². The van der Waals surface area contributed by atoms with E-state index in [1.54, 1.807) is 6.07 Å². The average Bonchev–Trinajstić information content (AvgIpc) is 2.62. The molecule has 138 valence electrons. The van der Waals surface area contributed by atoms with Crippen LogP contribution in [-0.2, 0) is 10.9 Å². The number of nitrogens with one attached hydrogen (secondary N) is 2. The molecule has 2 aliphatic rings. The molecule has 1 amide bonds. The Balaban J connectivity index is 1.84. The molecule has 2 N–H and O–H groups in total. The summed E-state index contributed by atoms with van der Waals surface area (Å²) in [5.41, 5.74) is -0.0519. The topological polar surface area (TPSA) is 50.4 Å². The summed E-state index contributed by atoms with van der Waals surface area (Å²) in [6.07, 6.45) is -1.53. The monoisotopic (exact) mass is 356 g/mol. The van der Waals surface area contributed by atoms with Gasteiger partial charge in [-0.15, -0.1) is 0 Å². The lowest BCUT2D eigenvalue weighted by molar-refractivity contribution is -0.137. The van der Waals surface area contributed by atoms with Crippen molar-refractivity contribution in [3.8, 4) is 0 Å². The highest BCUT2D eigenvalue weighted by molar-refractivity contribution is 5.94. The predicted molar refractivity (Wildman–Crippen MR) is 87.6 cm³/mol. The van der Waals surface area contributed by atoms with Crippen LogP contribution in [0.1, 0.15) is 53.1 Å². The smallest absolute Gasteiger partial charge is 0.381 e. The molecule has 2 saturated heterocycles. The molecule has 0 bridgehead atoms. The second kappa shape index (κ2) is 7.74. The zero-order valence-electron chi connectivity index (χ0n) is 14.0. The number of piperidine rings is 1. The molecule has 3 rings (SSSR count). The highest BCUT2D eigenvalue weighted by Gasteiger charge is 2.33. The van der Waals surface area contributed by atoms with Crippen molar-refractivity contribution in [3.05, 3.63) is 34.9 Å². The highest BCUT2D eigenvalue weighted by Crippen LogP contribution is 2.34. The maximum absolute atomic E-state index is 13.3. The maximum atomic E-state index is 13.3. The van der Waals surface area contributed by atoms with Crippen LogP contribution in [0, 0.1) is 0 Å². The van der Waals surface area contributed by atoms with Gasteiger partial charge in [0.25, 0.3) is 5.91 Å². The number of benzene rings is 1. The zero-order chi connectivity index (χ0) is 17.9. The zero-order valence-corrected chi connectivity index (χ0v) is 14.0. The molecule has 2 heterocycles. The summed E-state index contributed by atoms with van der Waals surface area (Å²) in [5.74, 6) is -0.383. The fourth-order valence-electron chi connectivity index (χ4n) is 3.45. The normalized spacial score (nSPS) is 20.4. The number of rotatable bonds is 3. The van der Waals surface area contributed by atoms with Crippen molar-refractivity contribution in [2.24, 2.45) is 0 Å². The molecule has 4 nitrogen and oxygen atoms in total. The Kier molecular flexibility index (Phi) is 5.64. The fraction of sp³-hybridized carbons (Fsp3) is 0.611. The molecule has 0 atom stereocenters. The van der Waals surface area contributed by atoms with Crippen LogP contribution in [0.5, 0.6) is 0 Å². The van der Waals surface area contributed by atoms with Crippen molar-refractivity contribution in [1.82, 2.24) is 10.6 Å². The Morgan fingerprint density at radius 2 is 1.76 bits per heavy atom. The first kappa shape index (κ1) is 18.2. The highest BCUT2D eigenvalue weighted by atomic mass is 19.4. The third kappa shape index (κ3) is 4.73. The first-order valence-corrected chi connectivity index (χ1v) is 8.75. The average molecular weight is 356 g/mol. The molecule has 0 aromatic heterocycles. The van der Waals surface area contributed by atoms with Crippen LogP contribution in [-0.4, -0.2) is 38.3 Å². The summed E-state index contributed by atoms with van der Waals surface area (Å²) in [4.78, 5) is 12.5. The van der Waals surface area contributed by atoms with Crippen LogP contribution in [0.25, 0.3) is 0 Å². The quantitative estimate of drug-likeness (QED) is 0.875. The minimum absolute atomic E-state index is 0.0434. The van der Waals surface area contributed by atoms with Gasteiger partial charge in [0, 0.05) is 24.8 Å². The van der Waals surface area contributed by atoms with E-state index in [0.29, 0.717) is 31.6 Å². The fourth-order valence-corrected chi connectivity index (χ4v) is 3.45. The van der Waals surface area contributed by atoms with E-state index >= 15 is 0 Å². The summed E-state index contributed by atoms with van der Waals surface area (Å²) in [7, 11) is 0. The molecule has 2 fully saturated rings. The van der Waals surface area contributed by atoms with Gasteiger partial charge < -0.3 is 15.4 Å². The molecule has 1 aromatic carbocycles. The second-order valence-electron chi connectivity index (χ2n) is 6.73. The maximum Gasteiger partial charge on any atom is 0.416 e. The van der Waals surface area contributed by atoms with Gasteiger partial charge in [0.15, 0.2) is 0 Å². The van der Waals surface area contributed by atoms with Gasteiger partial charge in [0.05, 0.1) is 5.56 Å². The molecule has 0 radical (unpaired) electrons. The number of hydrogen-bond acceptors (Lipinski definition) is 3. The van der Waals surface area contributed by atoms with E-state index in [1.807, 2.05) is 0 Å². The summed E-state index contributed by atoms with van der Waals surface area (Å²) < 4.78 is 45.1. The predicted octanol–water partition coefficient (Wildman–Crippen LogP) is 3.08. The van der Waals surface area contributed by atoms with Gasteiger partial charge in [-0.05, 0) is 68.5 Å². The SMILES string of the molecule is O=C(NC1CCOCC1)c1cc(C2CCNCC2)cc(C(F)(F)F)c1. The Bertz CT molecular complexity index is 607. The van der Waals surface area contributed by atoms with Gasteiger partial charge in [0.1, 0.15) is 0 Å². The number of halogens is 3. The van der Waals surface area contributed by atoms with Crippen molar-refractivity contribution in [2.45, 2.75) is 43.8 Å². The molecule has 0 saturated carbocycles. The summed E-state index contributed by atoms with van der Waals surface area (Å²) in [6.45, 7) is 2.69. The minimum Gasteiger partial charge on any atom is -0.381 e. The molecular weight excluding hydrogens is 333 g/mol. The van der Waals surface area contributed by atoms with Gasteiger partial charge in [-0.25, -0.2) is 0 Å². The first-order valence-electron chi connectivity index (χ1n) is 8.75. The molecule has 2 aliphatic heterocycles. The summed E-state index contributed by atoms with van der Waals surface area (Å²) in [5, 5.41) is 6.05. The molecule has 1 aromatic rings. The van der Waals surface area contributed by atoms with Gasteiger partial charge in [-0.3, -0.25) is 4.79 Å². The van der Waals surface area contributed by atoms with E-state index in [2.05, 4.69) is 10.6 Å². The second-order valence-corrected chi connectivity index (χ2v) is 6.73. The Morgan fingerprint density at radius 3 is 2.40 bits per heavy atom. The van der Waals surface area contributed by atoms with E-state index < -0.39 is 17.6 Å². The first-order chi connectivity index (χ1) is 11.9. The number of amides is 1. The molecule has 0 unspecified atom stereocenters. The number of carbonyl (C=O) groups excluding carboxylic acids is 1. The molecule has 0 aliphatic carbocycles. The number of alkyl halides is 3. The lowest BCUT2D eigenvalue weighted by Gasteiger charge is -2.25. The van der Waals surface area contributed by atoms with E-state index in [-0.39, 0.29) is 17.5 Å². The van der Waals surface area contributed by atoms with Crippen molar-refractivity contribution in [1.29, 1.82) is 0 Å². The Hall–Kier alpha value is -1.60. The van der Waals surface area contributed by atoms with Gasteiger partial charge in [-0.2, -0.15) is 13.2 Å². The molecule has 7 heteroatoms. The summed E-state index contributed by atoms with van der Waals surface area (Å²) >= 11 is 0. The summed E-state index contributed by atoms with van der Waals surface area (Å²) in [6, 6.07) is 3.73. The van der Waals surface area contributed by atoms with E-state index in [1.165, 1.54) is 6.07 Å². The molecule has 0 spiro atoms. The lowest BCUT2D eigenvalue weighted by atomic mass is 9.88. The third-order valence-corrected chi connectivity index (χ3v) is 4.91. The van der Waals surface area contributed by atoms with Crippen LogP contribution in [0.3, 0.4) is 0 Å². The van der Waals surface area contributed by atoms with Crippen LogP contribution in [0.4, 0.5) is 13.2 Å². The lowest BCUT2D eigenvalue weighted by Crippen LogP contribution is -2.39. The Morgan fingerprint density at radius 1 is 1.08 bits per heavy atom. The number of ether oxygens (including phenoxy) is 1. The van der Waals surface area contributed by atoms with E-state index in [4.69, 9.17) is 4.74 Å². The van der Waals surface area contributed by atoms with Gasteiger partial charge >= 0.3 is 6.18 Å². The number of carbonyl (C=O) groups is 1. The van der Waals surface area contributed by atoms with E-state index in [0.717, 1.165) is 32.0 Å². The van der Waals surface area contributed by atoms with Crippen LogP contribution >= 0.6 is 0 Å². The van der Waals surface area contributed by atoms with E-state index in [9.17, 15) is 18.0 Å².